The van der Waals surface area contributed by atoms with Crippen LogP contribution in [0.15, 0.2) is 18.5 Å². The molecule has 0 fully saturated rings. The normalized spacial score (nSPS) is 10.5. The minimum absolute atomic E-state index is 0.0526. The van der Waals surface area contributed by atoms with Gasteiger partial charge in [0, 0.05) is 12.3 Å². The number of hydrogen-bond acceptors (Lipinski definition) is 2. The first-order chi connectivity index (χ1) is 5.27. The van der Waals surface area contributed by atoms with E-state index in [1.165, 1.54) is 6.20 Å². The van der Waals surface area contributed by atoms with Crippen molar-refractivity contribution < 1.29 is 9.90 Å². The molecule has 0 aliphatic carbocycles. The lowest BCUT2D eigenvalue weighted by molar-refractivity contribution is 0.0691. The summed E-state index contributed by atoms with van der Waals surface area (Å²) in [5.74, 6) is -1.01. The minimum Gasteiger partial charge on any atom is -0.476 e. The lowest BCUT2D eigenvalue weighted by Crippen LogP contribution is -1.95. The second-order valence-corrected chi connectivity index (χ2v) is 2.12. The summed E-state index contributed by atoms with van der Waals surface area (Å²) in [5, 5.41) is 11.3. The number of carboxylic acid groups (broad SMARTS) is 1. The Morgan fingerprint density at radius 2 is 2.55 bits per heavy atom. The number of hydrogen-bond donors (Lipinski definition) is 2. The average molecular weight is 151 g/mol. The number of nitrogens with one attached hydrogen (secondary N) is 1. The molecule has 5 heteroatoms. The van der Waals surface area contributed by atoms with Crippen LogP contribution in [0.1, 0.15) is 10.5 Å². The van der Waals surface area contributed by atoms with Gasteiger partial charge in [0.1, 0.15) is 0 Å². The van der Waals surface area contributed by atoms with Crippen LogP contribution in [-0.4, -0.2) is 25.7 Å². The smallest absolute Gasteiger partial charge is 0.356 e. The highest BCUT2D eigenvalue weighted by Gasteiger charge is 2.07. The molecular formula is C6H5N3O2. The summed E-state index contributed by atoms with van der Waals surface area (Å²) >= 11 is 0. The van der Waals surface area contributed by atoms with Crippen LogP contribution >= 0.6 is 0 Å². The fourth-order valence-electron chi connectivity index (χ4n) is 0.911. The second kappa shape index (κ2) is 1.85. The van der Waals surface area contributed by atoms with Gasteiger partial charge in [-0.05, 0) is 0 Å². The Morgan fingerprint density at radius 3 is 3.18 bits per heavy atom. The lowest BCUT2D eigenvalue weighted by atomic mass is 10.5. The summed E-state index contributed by atoms with van der Waals surface area (Å²) in [6, 6.07) is 1.70. The van der Waals surface area contributed by atoms with Gasteiger partial charge in [0.2, 0.25) is 0 Å². The molecule has 2 aromatic rings. The largest absolute Gasteiger partial charge is 0.476 e. The Kier molecular flexibility index (Phi) is 1.00. The van der Waals surface area contributed by atoms with Crippen molar-refractivity contribution in [3.8, 4) is 0 Å². The molecule has 2 rings (SSSR count). The maximum atomic E-state index is 10.4. The van der Waals surface area contributed by atoms with Crippen LogP contribution in [0.4, 0.5) is 0 Å². The zero-order valence-corrected chi connectivity index (χ0v) is 5.48. The van der Waals surface area contributed by atoms with Crippen LogP contribution in [0, 0.1) is 0 Å². The molecule has 2 heterocycles. The SMILES string of the molecule is O=C(O)c1cn2[nH]ccc2n1. The minimum atomic E-state index is -1.01. The molecule has 0 amide bonds. The molecule has 11 heavy (non-hydrogen) atoms. The van der Waals surface area contributed by atoms with E-state index >= 15 is 0 Å². The Labute approximate surface area is 61.3 Å². The van der Waals surface area contributed by atoms with Crippen LogP contribution in [0.2, 0.25) is 0 Å². The molecule has 0 spiro atoms. The third-order valence-corrected chi connectivity index (χ3v) is 1.40. The van der Waals surface area contributed by atoms with Crippen LogP contribution in [0.5, 0.6) is 0 Å². The third-order valence-electron chi connectivity index (χ3n) is 1.40. The summed E-state index contributed by atoms with van der Waals surface area (Å²) < 4.78 is 1.55. The number of aromatic carboxylic acids is 1. The van der Waals surface area contributed by atoms with E-state index in [1.807, 2.05) is 0 Å². The van der Waals surface area contributed by atoms with Crippen molar-refractivity contribution in [2.75, 3.05) is 0 Å². The highest BCUT2D eigenvalue weighted by atomic mass is 16.4. The maximum absolute atomic E-state index is 10.4. The van der Waals surface area contributed by atoms with Crippen molar-refractivity contribution in [2.45, 2.75) is 0 Å². The molecule has 0 aliphatic rings. The monoisotopic (exact) mass is 151 g/mol. The number of carbonyl (C=O) groups is 1. The van der Waals surface area contributed by atoms with Crippen molar-refractivity contribution >= 4 is 11.6 Å². The second-order valence-electron chi connectivity index (χ2n) is 2.12. The van der Waals surface area contributed by atoms with Crippen molar-refractivity contribution in [2.24, 2.45) is 0 Å². The maximum Gasteiger partial charge on any atom is 0.356 e. The number of nitrogens with zero attached hydrogens (tertiary/aromatic N) is 2. The highest BCUT2D eigenvalue weighted by molar-refractivity contribution is 5.85. The van der Waals surface area contributed by atoms with Crippen LogP contribution in [0.3, 0.4) is 0 Å². The van der Waals surface area contributed by atoms with Crippen LogP contribution in [0.25, 0.3) is 5.65 Å². The number of imidazole rings is 1. The summed E-state index contributed by atoms with van der Waals surface area (Å²) in [6.45, 7) is 0. The number of carboxylic acids is 1. The van der Waals surface area contributed by atoms with Crippen molar-refractivity contribution in [3.05, 3.63) is 24.2 Å². The predicted octanol–water partition coefficient (Wildman–Crippen LogP) is 0.361. The zero-order chi connectivity index (χ0) is 7.84. The number of aromatic amines is 1. The molecule has 0 atom stereocenters. The van der Waals surface area contributed by atoms with Gasteiger partial charge >= 0.3 is 5.97 Å². The van der Waals surface area contributed by atoms with Gasteiger partial charge < -0.3 is 10.2 Å². The summed E-state index contributed by atoms with van der Waals surface area (Å²) in [5.41, 5.74) is 0.666. The van der Waals surface area contributed by atoms with Gasteiger partial charge in [0.25, 0.3) is 0 Å². The first-order valence-electron chi connectivity index (χ1n) is 3.03. The molecule has 2 N–H and O–H groups in total. The molecule has 0 unspecified atom stereocenters. The molecule has 0 bridgehead atoms. The standard InChI is InChI=1S/C6H5N3O2/c10-6(11)4-3-9-5(8-4)1-2-7-9/h1-3,7H,(H,10,11). The molecule has 0 aliphatic heterocycles. The molecule has 0 aromatic carbocycles. The van der Waals surface area contributed by atoms with E-state index < -0.39 is 5.97 Å². The topological polar surface area (TPSA) is 70.4 Å². The third kappa shape index (κ3) is 0.778. The highest BCUT2D eigenvalue weighted by Crippen LogP contribution is 2.02. The Morgan fingerprint density at radius 1 is 1.73 bits per heavy atom. The van der Waals surface area contributed by atoms with E-state index in [1.54, 1.807) is 16.8 Å². The zero-order valence-electron chi connectivity index (χ0n) is 5.48. The summed E-state index contributed by atoms with van der Waals surface area (Å²) in [6.07, 6.45) is 3.12. The molecule has 0 radical (unpaired) electrons. The summed E-state index contributed by atoms with van der Waals surface area (Å²) in [7, 11) is 0. The van der Waals surface area contributed by atoms with E-state index in [-0.39, 0.29) is 5.69 Å². The van der Waals surface area contributed by atoms with Crippen LogP contribution in [-0.2, 0) is 0 Å². The number of fused-ring (bicyclic) bond motifs is 1. The number of aromatic nitrogens is 3. The van der Waals surface area contributed by atoms with Gasteiger partial charge in [-0.25, -0.2) is 14.3 Å². The van der Waals surface area contributed by atoms with E-state index in [0.29, 0.717) is 5.65 Å². The quantitative estimate of drug-likeness (QED) is 0.618. The van der Waals surface area contributed by atoms with Gasteiger partial charge in [-0.1, -0.05) is 0 Å². The van der Waals surface area contributed by atoms with Gasteiger partial charge in [-0.2, -0.15) is 0 Å². The van der Waals surface area contributed by atoms with E-state index in [4.69, 9.17) is 5.11 Å². The molecule has 2 aromatic heterocycles. The Hall–Kier alpha value is -1.78. The first-order valence-corrected chi connectivity index (χ1v) is 3.03. The van der Waals surface area contributed by atoms with Gasteiger partial charge in [0.05, 0.1) is 6.20 Å². The van der Waals surface area contributed by atoms with E-state index in [2.05, 4.69) is 10.1 Å². The van der Waals surface area contributed by atoms with Crippen LogP contribution < -0.4 is 0 Å². The van der Waals surface area contributed by atoms with Gasteiger partial charge in [-0.3, -0.25) is 0 Å². The number of rotatable bonds is 1. The molecular weight excluding hydrogens is 146 g/mol. The summed E-state index contributed by atoms with van der Waals surface area (Å²) in [4.78, 5) is 14.2. The van der Waals surface area contributed by atoms with Crippen molar-refractivity contribution in [1.82, 2.24) is 14.6 Å². The Bertz CT molecular complexity index is 372. The lowest BCUT2D eigenvalue weighted by Gasteiger charge is -1.79. The van der Waals surface area contributed by atoms with Gasteiger partial charge in [-0.15, -0.1) is 0 Å². The average Bonchev–Trinajstić information content (AvgIpc) is 2.40. The predicted molar refractivity (Wildman–Crippen MR) is 36.5 cm³/mol. The Balaban J connectivity index is 2.67. The fourth-order valence-corrected chi connectivity index (χ4v) is 0.911. The fraction of sp³-hybridized carbons (Fsp3) is 0. The molecule has 5 nitrogen and oxygen atoms in total. The van der Waals surface area contributed by atoms with Gasteiger partial charge in [0.15, 0.2) is 11.3 Å². The first kappa shape index (κ1) is 5.96. The van der Waals surface area contributed by atoms with Crippen molar-refractivity contribution in [1.29, 1.82) is 0 Å². The van der Waals surface area contributed by atoms with E-state index in [9.17, 15) is 4.79 Å². The molecule has 0 saturated carbocycles. The number of H-pyrrole nitrogens is 1. The molecule has 0 saturated heterocycles. The molecule has 56 valence electrons. The van der Waals surface area contributed by atoms with Crippen molar-refractivity contribution in [3.63, 3.8) is 0 Å². The van der Waals surface area contributed by atoms with E-state index in [0.717, 1.165) is 0 Å².